The van der Waals surface area contributed by atoms with E-state index in [1.54, 1.807) is 11.5 Å². The van der Waals surface area contributed by atoms with Crippen molar-refractivity contribution in [3.63, 3.8) is 0 Å². The number of pyridine rings is 2. The molecule has 2 aromatic heterocycles. The van der Waals surface area contributed by atoms with E-state index < -0.39 is 5.92 Å². The lowest BCUT2D eigenvalue weighted by molar-refractivity contribution is -0.110. The Morgan fingerprint density at radius 1 is 1.15 bits per heavy atom. The highest BCUT2D eigenvalue weighted by molar-refractivity contribution is 5.93. The van der Waals surface area contributed by atoms with Gasteiger partial charge in [0, 0.05) is 41.6 Å². The average Bonchev–Trinajstić information content (AvgIpc) is 3.69. The number of nitrogens with zero attached hydrogens (tertiary/aromatic N) is 2. The topological polar surface area (TPSA) is 102 Å². The minimum absolute atomic E-state index is 0.0985. The normalized spacial score (nSPS) is 18.6. The molecule has 4 atom stereocenters. The van der Waals surface area contributed by atoms with Gasteiger partial charge in [-0.2, -0.15) is 0 Å². The number of aryl methyl sites for hydroxylation is 1. The number of aldehydes is 1. The molecule has 3 heterocycles. The smallest absolute Gasteiger partial charge is 0.257 e. The molecule has 47 heavy (non-hydrogen) atoms. The maximum absolute atomic E-state index is 14.8. The molecule has 0 bridgehead atoms. The van der Waals surface area contributed by atoms with Gasteiger partial charge in [0.2, 0.25) is 6.41 Å². The van der Waals surface area contributed by atoms with Crippen LogP contribution < -0.4 is 16.2 Å². The molecule has 2 N–H and O–H groups in total. The van der Waals surface area contributed by atoms with Crippen LogP contribution in [0.15, 0.2) is 16.9 Å². The number of nitrogens with one attached hydrogen (secondary N) is 2. The van der Waals surface area contributed by atoms with Crippen LogP contribution in [0, 0.1) is 18.7 Å². The first-order valence-electron chi connectivity index (χ1n) is 17.4. The van der Waals surface area contributed by atoms with E-state index in [2.05, 4.69) is 31.4 Å². The Balaban J connectivity index is 0.000000390. The van der Waals surface area contributed by atoms with E-state index in [4.69, 9.17) is 9.72 Å². The number of halogens is 1. The zero-order valence-electron chi connectivity index (χ0n) is 29.9. The molecular formula is C38H55FN4O4. The minimum Gasteiger partial charge on any atom is -0.380 e. The highest BCUT2D eigenvalue weighted by atomic mass is 19.1. The molecule has 258 valence electrons. The molecule has 1 fully saturated rings. The van der Waals surface area contributed by atoms with E-state index >= 15 is 0 Å². The van der Waals surface area contributed by atoms with Crippen LogP contribution in [0.1, 0.15) is 125 Å². The minimum atomic E-state index is -0.442. The predicted octanol–water partition coefficient (Wildman–Crippen LogP) is 7.28. The molecule has 0 radical (unpaired) electrons. The maximum Gasteiger partial charge on any atom is 0.257 e. The van der Waals surface area contributed by atoms with Crippen LogP contribution in [0.2, 0.25) is 0 Å². The van der Waals surface area contributed by atoms with Gasteiger partial charge in [0.1, 0.15) is 12.1 Å². The summed E-state index contributed by atoms with van der Waals surface area (Å²) >= 11 is 0. The average molecular weight is 651 g/mol. The van der Waals surface area contributed by atoms with Crippen molar-refractivity contribution < 1.29 is 18.7 Å². The van der Waals surface area contributed by atoms with Crippen molar-refractivity contribution in [2.45, 2.75) is 125 Å². The first-order valence-corrected chi connectivity index (χ1v) is 17.4. The number of fused-ring (bicyclic) bond motifs is 4. The lowest BCUT2D eigenvalue weighted by Crippen LogP contribution is -2.27. The molecule has 0 saturated heterocycles. The van der Waals surface area contributed by atoms with Crippen LogP contribution in [0.3, 0.4) is 0 Å². The Morgan fingerprint density at radius 3 is 2.32 bits per heavy atom. The summed E-state index contributed by atoms with van der Waals surface area (Å²) in [7, 11) is 3.54. The van der Waals surface area contributed by atoms with Crippen LogP contribution in [-0.4, -0.2) is 42.4 Å². The Bertz CT molecular complexity index is 1600. The van der Waals surface area contributed by atoms with Crippen molar-refractivity contribution in [2.24, 2.45) is 5.92 Å². The number of ether oxygens (including phenoxy) is 1. The fraction of sp³-hybridized carbons (Fsp3) is 0.579. The standard InChI is InChI=1S/C26H26FN3O4.C5H11N.C5H12.C2H6/c1-4-14(10-31)16-7-22-25-17(9-30(22)26(33)18(16)11-34-3)24-20(28-12-32)6-5-15-13(2)19(27)8-21(29-25)23(15)24;1-4-3-5(4)6-2;1-3-5-4-2;1-2/h7-8,10,12,14,20H,4-6,9,11H2,1-3H3,(H,28,32);4-6H,3H2,1-2H3;3-5H2,1-2H3;1-2H3. The third-order valence-corrected chi connectivity index (χ3v) is 9.52. The number of hydrogen-bond donors (Lipinski definition) is 2. The first kappa shape index (κ1) is 38.0. The molecule has 1 saturated carbocycles. The van der Waals surface area contributed by atoms with E-state index in [0.29, 0.717) is 65.8 Å². The molecular weight excluding hydrogens is 595 g/mol. The molecule has 6 rings (SSSR count). The quantitative estimate of drug-likeness (QED) is 0.175. The van der Waals surface area contributed by atoms with Gasteiger partial charge in [-0.1, -0.05) is 60.8 Å². The number of methoxy groups -OCH3 is 1. The predicted molar refractivity (Wildman–Crippen MR) is 188 cm³/mol. The highest BCUT2D eigenvalue weighted by Crippen LogP contribution is 2.45. The molecule has 3 aliphatic rings. The van der Waals surface area contributed by atoms with Gasteiger partial charge in [-0.25, -0.2) is 9.37 Å². The molecule has 2 aliphatic carbocycles. The second kappa shape index (κ2) is 17.6. The number of amides is 1. The summed E-state index contributed by atoms with van der Waals surface area (Å²) in [6.45, 7) is 14.7. The molecule has 9 heteroatoms. The first-order chi connectivity index (χ1) is 22.7. The van der Waals surface area contributed by atoms with Crippen LogP contribution in [0.5, 0.6) is 0 Å². The van der Waals surface area contributed by atoms with Gasteiger partial charge in [-0.05, 0) is 73.9 Å². The van der Waals surface area contributed by atoms with Gasteiger partial charge in [-0.15, -0.1) is 0 Å². The fourth-order valence-corrected chi connectivity index (χ4v) is 6.70. The number of carbonyl (C=O) groups is 2. The molecule has 1 aromatic carbocycles. The number of carbonyl (C=O) groups excluding carboxylic acids is 2. The van der Waals surface area contributed by atoms with Gasteiger partial charge in [-0.3, -0.25) is 9.59 Å². The zero-order chi connectivity index (χ0) is 34.8. The van der Waals surface area contributed by atoms with Gasteiger partial charge < -0.3 is 24.7 Å². The molecule has 3 aromatic rings. The lowest BCUT2D eigenvalue weighted by Gasteiger charge is -2.28. The van der Waals surface area contributed by atoms with Gasteiger partial charge in [0.15, 0.2) is 0 Å². The van der Waals surface area contributed by atoms with Crippen molar-refractivity contribution in [3.8, 4) is 11.4 Å². The van der Waals surface area contributed by atoms with E-state index in [-0.39, 0.29) is 24.0 Å². The lowest BCUT2D eigenvalue weighted by atomic mass is 9.82. The van der Waals surface area contributed by atoms with Crippen molar-refractivity contribution >= 4 is 23.6 Å². The summed E-state index contributed by atoms with van der Waals surface area (Å²) in [6, 6.07) is 3.88. The molecule has 1 amide bonds. The van der Waals surface area contributed by atoms with Crippen LogP contribution in [0.25, 0.3) is 22.3 Å². The van der Waals surface area contributed by atoms with E-state index in [1.807, 2.05) is 33.9 Å². The van der Waals surface area contributed by atoms with Gasteiger partial charge in [0.25, 0.3) is 5.56 Å². The number of benzene rings is 1. The summed E-state index contributed by atoms with van der Waals surface area (Å²) in [6.07, 6.45) is 8.81. The second-order valence-corrected chi connectivity index (χ2v) is 12.5. The molecule has 0 spiro atoms. The summed E-state index contributed by atoms with van der Waals surface area (Å²) in [5.74, 6) is 0.194. The number of rotatable bonds is 10. The molecule has 1 aliphatic heterocycles. The zero-order valence-corrected chi connectivity index (χ0v) is 29.9. The van der Waals surface area contributed by atoms with Crippen LogP contribution in [0.4, 0.5) is 4.39 Å². The van der Waals surface area contributed by atoms with Crippen molar-refractivity contribution in [1.29, 1.82) is 0 Å². The summed E-state index contributed by atoms with van der Waals surface area (Å²) in [5.41, 5.74) is 5.84. The Morgan fingerprint density at radius 2 is 1.83 bits per heavy atom. The third-order valence-electron chi connectivity index (χ3n) is 9.52. The fourth-order valence-electron chi connectivity index (χ4n) is 6.70. The van der Waals surface area contributed by atoms with Crippen molar-refractivity contribution in [1.82, 2.24) is 20.2 Å². The SMILES string of the molecule is CC.CCC(C=O)c1cc2n(c(=O)c1COC)Cc1c-2nc2cc(F)c(C)c3c2c1C(NC=O)CC3.CCCCC.CNC1CC1C. The van der Waals surface area contributed by atoms with E-state index in [0.717, 1.165) is 40.3 Å². The maximum atomic E-state index is 14.8. The van der Waals surface area contributed by atoms with Crippen LogP contribution in [-0.2, 0) is 33.9 Å². The summed E-state index contributed by atoms with van der Waals surface area (Å²) in [5, 5.41) is 6.96. The monoisotopic (exact) mass is 650 g/mol. The van der Waals surface area contributed by atoms with Crippen molar-refractivity contribution in [3.05, 3.63) is 61.7 Å². The Kier molecular flexibility index (Phi) is 14.3. The number of hydrogen-bond acceptors (Lipinski definition) is 6. The number of aromatic nitrogens is 2. The van der Waals surface area contributed by atoms with E-state index in [9.17, 15) is 18.8 Å². The Labute approximate surface area is 279 Å². The summed E-state index contributed by atoms with van der Waals surface area (Å²) in [4.78, 5) is 41.6. The Hall–Kier alpha value is -3.43. The van der Waals surface area contributed by atoms with E-state index in [1.165, 1.54) is 38.9 Å². The molecule has 8 nitrogen and oxygen atoms in total. The highest BCUT2D eigenvalue weighted by Gasteiger charge is 2.35. The number of unbranched alkanes of at least 4 members (excludes halogenated alkanes) is 2. The van der Waals surface area contributed by atoms with Crippen LogP contribution >= 0.6 is 0 Å². The van der Waals surface area contributed by atoms with Gasteiger partial charge >= 0.3 is 0 Å². The second-order valence-electron chi connectivity index (χ2n) is 12.5. The largest absolute Gasteiger partial charge is 0.380 e. The van der Waals surface area contributed by atoms with Gasteiger partial charge in [0.05, 0.1) is 36.1 Å². The summed E-state index contributed by atoms with van der Waals surface area (Å²) < 4.78 is 21.7. The van der Waals surface area contributed by atoms with Crippen molar-refractivity contribution in [2.75, 3.05) is 14.2 Å². The third kappa shape index (κ3) is 8.00. The molecule has 4 unspecified atom stereocenters.